The first-order valence-electron chi connectivity index (χ1n) is 13.6. The molecule has 0 bridgehead atoms. The molecular weight excluding hydrogens is 520 g/mol. The number of aryl methyl sites for hydroxylation is 1. The van der Waals surface area contributed by atoms with Crippen LogP contribution in [0.3, 0.4) is 0 Å². The van der Waals surface area contributed by atoms with Gasteiger partial charge in [-0.1, -0.05) is 19.9 Å². The van der Waals surface area contributed by atoms with Crippen LogP contribution in [0.5, 0.6) is 11.6 Å². The third-order valence-corrected chi connectivity index (χ3v) is 7.20. The Hall–Kier alpha value is -2.74. The minimum atomic E-state index is -1.55. The summed E-state index contributed by atoms with van der Waals surface area (Å²) in [6.07, 6.45) is -5.72. The molecule has 1 saturated heterocycles. The number of aromatic amines is 1. The van der Waals surface area contributed by atoms with Gasteiger partial charge in [0.05, 0.1) is 18.6 Å². The topological polar surface area (TPSA) is 192 Å². The molecule has 0 saturated carbocycles. The van der Waals surface area contributed by atoms with E-state index in [9.17, 15) is 25.2 Å². The Morgan fingerprint density at radius 1 is 1.23 bits per heavy atom. The van der Waals surface area contributed by atoms with E-state index < -0.39 is 42.7 Å². The summed E-state index contributed by atoms with van der Waals surface area (Å²) in [4.78, 5) is 11.4. The molecular formula is C28H44N4O8. The number of aliphatic hydroxyl groups is 4. The van der Waals surface area contributed by atoms with E-state index in [4.69, 9.17) is 19.9 Å². The van der Waals surface area contributed by atoms with E-state index in [1.165, 1.54) is 0 Å². The summed E-state index contributed by atoms with van der Waals surface area (Å²) in [6, 6.07) is 5.85. The highest BCUT2D eigenvalue weighted by Gasteiger charge is 2.45. The monoisotopic (exact) mass is 564 g/mol. The molecule has 1 fully saturated rings. The van der Waals surface area contributed by atoms with Crippen LogP contribution in [0.25, 0.3) is 0 Å². The highest BCUT2D eigenvalue weighted by molar-refractivity contribution is 5.80. The Morgan fingerprint density at radius 3 is 2.58 bits per heavy atom. The van der Waals surface area contributed by atoms with Gasteiger partial charge in [-0.25, -0.2) is 0 Å². The fourth-order valence-electron chi connectivity index (χ4n) is 4.40. The number of aromatic nitrogens is 2. The number of primary amides is 1. The maximum atomic E-state index is 11.4. The molecule has 0 aliphatic carbocycles. The zero-order chi connectivity index (χ0) is 29.6. The van der Waals surface area contributed by atoms with E-state index in [2.05, 4.69) is 15.5 Å². The van der Waals surface area contributed by atoms with Crippen molar-refractivity contribution in [3.8, 4) is 11.6 Å². The van der Waals surface area contributed by atoms with Gasteiger partial charge in [-0.15, -0.1) is 5.10 Å². The third kappa shape index (κ3) is 7.71. The second kappa shape index (κ2) is 13.7. The second-order valence-corrected chi connectivity index (χ2v) is 11.3. The summed E-state index contributed by atoms with van der Waals surface area (Å²) in [7, 11) is 0. The van der Waals surface area contributed by atoms with Gasteiger partial charge in [-0.3, -0.25) is 9.89 Å². The lowest BCUT2D eigenvalue weighted by Gasteiger charge is -2.39. The number of rotatable bonds is 14. The SMILES string of the molecule is Cc1cc(OCCCNCC(C)(C)C(N)=O)ccc1Cc1c(OC2OC(CO)C(O)C(O)C2O)n[nH]c1C(C)C. The summed E-state index contributed by atoms with van der Waals surface area (Å²) in [5.41, 5.74) is 8.45. The van der Waals surface area contributed by atoms with Crippen LogP contribution in [0.2, 0.25) is 0 Å². The van der Waals surface area contributed by atoms with E-state index in [1.54, 1.807) is 13.8 Å². The number of hydrogen-bond donors (Lipinski definition) is 7. The van der Waals surface area contributed by atoms with Crippen molar-refractivity contribution in [2.75, 3.05) is 26.3 Å². The van der Waals surface area contributed by atoms with Crippen molar-refractivity contribution in [1.29, 1.82) is 0 Å². The Kier molecular flexibility index (Phi) is 10.9. The van der Waals surface area contributed by atoms with Crippen LogP contribution in [-0.2, 0) is 16.0 Å². The highest BCUT2D eigenvalue weighted by Crippen LogP contribution is 2.32. The maximum Gasteiger partial charge on any atom is 0.238 e. The van der Waals surface area contributed by atoms with Crippen LogP contribution in [0.1, 0.15) is 62.4 Å². The Morgan fingerprint density at radius 2 is 1.95 bits per heavy atom. The average Bonchev–Trinajstić information content (AvgIpc) is 3.30. The standard InChI is InChI=1S/C28H44N4O8/c1-15(2)21-19(25(32-31-21)40-26-24(36)23(35)22(34)20(13-33)39-26)12-17-7-8-18(11-16(17)3)38-10-6-9-30-14-28(4,5)27(29)37/h7-8,11,15,20,22-24,26,30,33-36H,6,9-10,12-14H2,1-5H3,(H2,29,37)(H,31,32). The number of H-pyrrole nitrogens is 1. The molecule has 224 valence electrons. The van der Waals surface area contributed by atoms with Gasteiger partial charge in [0.25, 0.3) is 0 Å². The minimum absolute atomic E-state index is 0.0970. The largest absolute Gasteiger partial charge is 0.494 e. The van der Waals surface area contributed by atoms with Gasteiger partial charge in [-0.05, 0) is 62.9 Å². The molecule has 8 N–H and O–H groups in total. The molecule has 2 aromatic rings. The van der Waals surface area contributed by atoms with E-state index in [0.29, 0.717) is 26.1 Å². The van der Waals surface area contributed by atoms with Gasteiger partial charge < -0.3 is 45.7 Å². The van der Waals surface area contributed by atoms with Crippen molar-refractivity contribution >= 4 is 5.91 Å². The van der Waals surface area contributed by atoms with Gasteiger partial charge in [0.2, 0.25) is 18.1 Å². The molecule has 1 aliphatic heterocycles. The minimum Gasteiger partial charge on any atom is -0.494 e. The molecule has 0 spiro atoms. The Labute approximate surface area is 234 Å². The lowest BCUT2D eigenvalue weighted by molar-refractivity contribution is -0.278. The van der Waals surface area contributed by atoms with Crippen molar-refractivity contribution in [2.24, 2.45) is 11.1 Å². The number of nitrogens with zero attached hydrogens (tertiary/aromatic N) is 1. The zero-order valence-electron chi connectivity index (χ0n) is 23.9. The summed E-state index contributed by atoms with van der Waals surface area (Å²) in [5, 5.41) is 50.6. The number of carbonyl (C=O) groups excluding carboxylic acids is 1. The van der Waals surface area contributed by atoms with Gasteiger partial charge >= 0.3 is 0 Å². The van der Waals surface area contributed by atoms with Gasteiger partial charge in [-0.2, -0.15) is 0 Å². The molecule has 1 aromatic heterocycles. The Balaban J connectivity index is 1.64. The van der Waals surface area contributed by atoms with E-state index in [1.807, 2.05) is 39.0 Å². The number of aliphatic hydroxyl groups excluding tert-OH is 4. The Bertz CT molecular complexity index is 1120. The highest BCUT2D eigenvalue weighted by atomic mass is 16.7. The van der Waals surface area contributed by atoms with Crippen LogP contribution in [0.15, 0.2) is 18.2 Å². The normalized spacial score (nSPS) is 23.4. The number of nitrogens with two attached hydrogens (primary N) is 1. The van der Waals surface area contributed by atoms with E-state index >= 15 is 0 Å². The van der Waals surface area contributed by atoms with Crippen molar-refractivity contribution in [3.05, 3.63) is 40.6 Å². The number of hydrogen-bond acceptors (Lipinski definition) is 10. The summed E-state index contributed by atoms with van der Waals surface area (Å²) >= 11 is 0. The van der Waals surface area contributed by atoms with Gasteiger partial charge in [0.15, 0.2) is 0 Å². The molecule has 3 rings (SSSR count). The van der Waals surface area contributed by atoms with Crippen LogP contribution in [0, 0.1) is 12.3 Å². The summed E-state index contributed by atoms with van der Waals surface area (Å²) in [6.45, 7) is 10.8. The number of ether oxygens (including phenoxy) is 3. The van der Waals surface area contributed by atoms with Gasteiger partial charge in [0, 0.05) is 24.2 Å². The molecule has 1 aliphatic rings. The van der Waals surface area contributed by atoms with Gasteiger partial charge in [0.1, 0.15) is 30.2 Å². The average molecular weight is 565 g/mol. The number of benzene rings is 1. The predicted molar refractivity (Wildman–Crippen MR) is 147 cm³/mol. The van der Waals surface area contributed by atoms with E-state index in [-0.39, 0.29) is 17.7 Å². The maximum absolute atomic E-state index is 11.4. The fourth-order valence-corrected chi connectivity index (χ4v) is 4.40. The lowest BCUT2D eigenvalue weighted by Crippen LogP contribution is -2.60. The van der Waals surface area contributed by atoms with Crippen molar-refractivity contribution in [3.63, 3.8) is 0 Å². The smallest absolute Gasteiger partial charge is 0.238 e. The molecule has 5 atom stereocenters. The first kappa shape index (κ1) is 31.8. The molecule has 12 heteroatoms. The van der Waals surface area contributed by atoms with Crippen LogP contribution >= 0.6 is 0 Å². The van der Waals surface area contributed by atoms with E-state index in [0.717, 1.165) is 34.6 Å². The third-order valence-electron chi connectivity index (χ3n) is 7.20. The molecule has 0 radical (unpaired) electrons. The number of carbonyl (C=O) groups is 1. The number of nitrogens with one attached hydrogen (secondary N) is 2. The van der Waals surface area contributed by atoms with Crippen LogP contribution in [-0.4, -0.2) is 93.5 Å². The molecule has 12 nitrogen and oxygen atoms in total. The lowest BCUT2D eigenvalue weighted by atomic mass is 9.93. The molecule has 1 aromatic carbocycles. The quantitative estimate of drug-likeness (QED) is 0.159. The van der Waals surface area contributed by atoms with Crippen molar-refractivity contribution in [2.45, 2.75) is 84.1 Å². The van der Waals surface area contributed by atoms with Crippen LogP contribution in [0.4, 0.5) is 0 Å². The fraction of sp³-hybridized carbons (Fsp3) is 0.643. The van der Waals surface area contributed by atoms with Crippen molar-refractivity contribution < 1.29 is 39.4 Å². The summed E-state index contributed by atoms with van der Waals surface area (Å²) in [5.74, 6) is 0.711. The molecule has 2 heterocycles. The first-order valence-corrected chi connectivity index (χ1v) is 13.6. The first-order chi connectivity index (χ1) is 18.9. The molecule has 1 amide bonds. The molecule has 5 unspecified atom stereocenters. The number of amides is 1. The zero-order valence-corrected chi connectivity index (χ0v) is 23.9. The summed E-state index contributed by atoms with van der Waals surface area (Å²) < 4.78 is 17.3. The second-order valence-electron chi connectivity index (χ2n) is 11.3. The predicted octanol–water partition coefficient (Wildman–Crippen LogP) is 0.481. The molecule has 40 heavy (non-hydrogen) atoms. The van der Waals surface area contributed by atoms with Crippen molar-refractivity contribution in [1.82, 2.24) is 15.5 Å². The van der Waals surface area contributed by atoms with Crippen LogP contribution < -0.4 is 20.5 Å².